The molecule has 3 rings (SSSR count). The van der Waals surface area contributed by atoms with E-state index in [0.717, 1.165) is 36.5 Å². The average Bonchev–Trinajstić information content (AvgIpc) is 3.20. The van der Waals surface area contributed by atoms with E-state index in [1.54, 1.807) is 11.0 Å². The molecule has 1 fully saturated rings. The van der Waals surface area contributed by atoms with Gasteiger partial charge < -0.3 is 10.2 Å². The van der Waals surface area contributed by atoms with Crippen LogP contribution in [0.3, 0.4) is 0 Å². The first-order chi connectivity index (χ1) is 12.1. The fourth-order valence-corrected chi connectivity index (χ4v) is 4.19. The predicted octanol–water partition coefficient (Wildman–Crippen LogP) is 3.48. The molecular formula is C17H23Cl2N5OS. The van der Waals surface area contributed by atoms with E-state index in [-0.39, 0.29) is 18.3 Å². The van der Waals surface area contributed by atoms with Gasteiger partial charge in [-0.25, -0.2) is 4.68 Å². The van der Waals surface area contributed by atoms with Crippen LogP contribution in [-0.2, 0) is 6.54 Å². The van der Waals surface area contributed by atoms with Crippen molar-refractivity contribution in [1.29, 1.82) is 0 Å². The molecule has 1 aliphatic heterocycles. The number of carbonyl (C=O) groups is 1. The summed E-state index contributed by atoms with van der Waals surface area (Å²) in [6.45, 7) is 8.55. The van der Waals surface area contributed by atoms with Crippen molar-refractivity contribution in [3.63, 3.8) is 0 Å². The van der Waals surface area contributed by atoms with E-state index in [4.69, 9.17) is 11.6 Å². The Hall–Kier alpha value is -1.41. The summed E-state index contributed by atoms with van der Waals surface area (Å²) in [7, 11) is 0. The van der Waals surface area contributed by atoms with Crippen LogP contribution in [0.15, 0.2) is 24.8 Å². The molecule has 0 aromatic carbocycles. The number of nitrogens with zero attached hydrogens (tertiary/aromatic N) is 4. The Morgan fingerprint density at radius 2 is 2.23 bits per heavy atom. The molecule has 0 atom stereocenters. The summed E-state index contributed by atoms with van der Waals surface area (Å²) < 4.78 is 2.62. The van der Waals surface area contributed by atoms with Gasteiger partial charge in [-0.05, 0) is 45.0 Å². The summed E-state index contributed by atoms with van der Waals surface area (Å²) in [5.41, 5.74) is 1.25. The van der Waals surface area contributed by atoms with Crippen molar-refractivity contribution in [3.05, 3.63) is 45.4 Å². The molecule has 9 heteroatoms. The second-order valence-electron chi connectivity index (χ2n) is 6.13. The maximum atomic E-state index is 13.0. The second kappa shape index (κ2) is 9.50. The highest BCUT2D eigenvalue weighted by Gasteiger charge is 2.26. The molecule has 2 aromatic rings. The Morgan fingerprint density at radius 1 is 1.50 bits per heavy atom. The maximum absolute atomic E-state index is 13.0. The molecule has 0 bridgehead atoms. The first kappa shape index (κ1) is 20.9. The van der Waals surface area contributed by atoms with Gasteiger partial charge in [0.2, 0.25) is 0 Å². The Bertz CT molecular complexity index is 754. The van der Waals surface area contributed by atoms with Crippen LogP contribution in [0.5, 0.6) is 0 Å². The lowest BCUT2D eigenvalue weighted by atomic mass is 10.1. The molecule has 0 radical (unpaired) electrons. The highest BCUT2D eigenvalue weighted by atomic mass is 35.5. The summed E-state index contributed by atoms with van der Waals surface area (Å²) in [5, 5.41) is 11.8. The third-order valence-electron chi connectivity index (χ3n) is 4.40. The summed E-state index contributed by atoms with van der Waals surface area (Å²) in [6, 6.07) is 4.09. The van der Waals surface area contributed by atoms with Crippen molar-refractivity contribution in [2.24, 2.45) is 0 Å². The zero-order valence-electron chi connectivity index (χ0n) is 14.7. The van der Waals surface area contributed by atoms with Gasteiger partial charge in [0.25, 0.3) is 5.91 Å². The van der Waals surface area contributed by atoms with Crippen molar-refractivity contribution >= 4 is 41.3 Å². The first-order valence-corrected chi connectivity index (χ1v) is 9.56. The summed E-state index contributed by atoms with van der Waals surface area (Å²) in [4.78, 5) is 15.7. The van der Waals surface area contributed by atoms with Crippen LogP contribution < -0.4 is 5.32 Å². The number of halogens is 2. The molecule has 26 heavy (non-hydrogen) atoms. The number of hydrogen-bond donors (Lipinski definition) is 1. The third-order valence-corrected chi connectivity index (χ3v) is 5.61. The summed E-state index contributed by atoms with van der Waals surface area (Å²) in [5.74, 6) is -0.123. The molecule has 1 saturated heterocycles. The zero-order chi connectivity index (χ0) is 17.8. The number of piperidine rings is 1. The fraction of sp³-hybridized carbons (Fsp3) is 0.471. The van der Waals surface area contributed by atoms with Gasteiger partial charge in [0.05, 0.1) is 22.6 Å². The van der Waals surface area contributed by atoms with E-state index < -0.39 is 0 Å². The minimum Gasteiger partial charge on any atom is -0.328 e. The highest BCUT2D eigenvalue weighted by Crippen LogP contribution is 2.24. The highest BCUT2D eigenvalue weighted by molar-refractivity contribution is 7.16. The molecule has 3 heterocycles. The van der Waals surface area contributed by atoms with Crippen LogP contribution in [0, 0.1) is 6.92 Å². The van der Waals surface area contributed by atoms with Crippen LogP contribution >= 0.6 is 35.3 Å². The largest absolute Gasteiger partial charge is 0.328 e. The van der Waals surface area contributed by atoms with E-state index in [1.165, 1.54) is 11.3 Å². The van der Waals surface area contributed by atoms with E-state index in [0.29, 0.717) is 29.2 Å². The van der Waals surface area contributed by atoms with Gasteiger partial charge in [-0.1, -0.05) is 22.9 Å². The molecule has 6 nitrogen and oxygen atoms in total. The van der Waals surface area contributed by atoms with Gasteiger partial charge in [0, 0.05) is 11.4 Å². The lowest BCUT2D eigenvalue weighted by Crippen LogP contribution is -2.32. The number of aromatic nitrogens is 3. The molecule has 1 amide bonds. The quantitative estimate of drug-likeness (QED) is 0.733. The Balaban J connectivity index is 0.00000243. The molecule has 1 aliphatic rings. The zero-order valence-corrected chi connectivity index (χ0v) is 17.0. The topological polar surface area (TPSA) is 63.1 Å². The molecule has 0 spiro atoms. The van der Waals surface area contributed by atoms with Gasteiger partial charge in [0.15, 0.2) is 5.69 Å². The summed E-state index contributed by atoms with van der Waals surface area (Å²) in [6.07, 6.45) is 3.73. The van der Waals surface area contributed by atoms with Gasteiger partial charge in [-0.15, -0.1) is 35.4 Å². The molecular weight excluding hydrogens is 393 g/mol. The second-order valence-corrected chi connectivity index (χ2v) is 7.93. The van der Waals surface area contributed by atoms with Crippen molar-refractivity contribution in [2.75, 3.05) is 19.6 Å². The number of rotatable bonds is 6. The number of nitrogens with one attached hydrogen (secondary N) is 1. The molecule has 0 saturated carbocycles. The average molecular weight is 416 g/mol. The minimum absolute atomic E-state index is 0. The third kappa shape index (κ3) is 4.65. The normalized spacial score (nSPS) is 14.7. The van der Waals surface area contributed by atoms with Gasteiger partial charge in [-0.2, -0.15) is 0 Å². The van der Waals surface area contributed by atoms with Crippen molar-refractivity contribution in [1.82, 2.24) is 25.2 Å². The van der Waals surface area contributed by atoms with Gasteiger partial charge in [-0.3, -0.25) is 4.79 Å². The number of carbonyl (C=O) groups excluding carboxylic acids is 1. The molecule has 0 unspecified atom stereocenters. The molecule has 0 aliphatic carbocycles. The monoisotopic (exact) mass is 415 g/mol. The van der Waals surface area contributed by atoms with E-state index in [9.17, 15) is 4.79 Å². The smallest absolute Gasteiger partial charge is 0.276 e. The van der Waals surface area contributed by atoms with Gasteiger partial charge >= 0.3 is 0 Å². The lowest BCUT2D eigenvalue weighted by molar-refractivity contribution is 0.0757. The standard InChI is InChI=1S/C17H22ClN5OS.ClH/c1-3-10-22(11-14-4-5-15(18)25-14)17(24)16-12(2)23(21-20-16)13-6-8-19-9-7-13;/h3-5,13,19H,1,6-11H2,2H3;1H. The van der Waals surface area contributed by atoms with Crippen molar-refractivity contribution in [3.8, 4) is 0 Å². The SMILES string of the molecule is C=CCN(Cc1ccc(Cl)s1)C(=O)c1nnn(C2CCNCC2)c1C.Cl. The maximum Gasteiger partial charge on any atom is 0.276 e. The molecule has 1 N–H and O–H groups in total. The minimum atomic E-state index is -0.123. The van der Waals surface area contributed by atoms with Crippen LogP contribution in [0.25, 0.3) is 0 Å². The van der Waals surface area contributed by atoms with Crippen LogP contribution in [-0.4, -0.2) is 45.4 Å². The van der Waals surface area contributed by atoms with E-state index in [2.05, 4.69) is 22.2 Å². The van der Waals surface area contributed by atoms with Crippen LogP contribution in [0.4, 0.5) is 0 Å². The van der Waals surface area contributed by atoms with E-state index in [1.807, 2.05) is 23.7 Å². The molecule has 2 aromatic heterocycles. The Kier molecular flexibility index (Phi) is 7.64. The Morgan fingerprint density at radius 3 is 2.85 bits per heavy atom. The number of amides is 1. The van der Waals surface area contributed by atoms with Crippen molar-refractivity contribution in [2.45, 2.75) is 32.4 Å². The fourth-order valence-electron chi connectivity index (χ4n) is 3.09. The summed E-state index contributed by atoms with van der Waals surface area (Å²) >= 11 is 7.47. The van der Waals surface area contributed by atoms with Crippen LogP contribution in [0.1, 0.15) is 39.9 Å². The molecule has 142 valence electrons. The predicted molar refractivity (Wildman–Crippen MR) is 107 cm³/mol. The lowest BCUT2D eigenvalue weighted by Gasteiger charge is -2.24. The number of thiophene rings is 1. The van der Waals surface area contributed by atoms with E-state index >= 15 is 0 Å². The van der Waals surface area contributed by atoms with Gasteiger partial charge in [0.1, 0.15) is 0 Å². The first-order valence-electron chi connectivity index (χ1n) is 8.37. The Labute approximate surface area is 168 Å². The number of hydrogen-bond acceptors (Lipinski definition) is 5. The van der Waals surface area contributed by atoms with Crippen LogP contribution in [0.2, 0.25) is 4.34 Å². The van der Waals surface area contributed by atoms with Crippen molar-refractivity contribution < 1.29 is 4.79 Å².